The first-order chi connectivity index (χ1) is 11.1. The van der Waals surface area contributed by atoms with Crippen LogP contribution < -0.4 is 0 Å². The van der Waals surface area contributed by atoms with Crippen molar-refractivity contribution in [3.8, 4) is 11.5 Å². The number of benzene rings is 1. The van der Waals surface area contributed by atoms with Crippen LogP contribution in [-0.2, 0) is 10.2 Å². The van der Waals surface area contributed by atoms with Crippen LogP contribution in [-0.4, -0.2) is 22.8 Å². The summed E-state index contributed by atoms with van der Waals surface area (Å²) in [6.45, 7) is 13.2. The Kier molecular flexibility index (Phi) is 5.11. The fourth-order valence-electron chi connectivity index (χ4n) is 3.11. The van der Waals surface area contributed by atoms with E-state index in [1.54, 1.807) is 6.92 Å². The van der Waals surface area contributed by atoms with Gasteiger partial charge in [0.2, 0.25) is 5.89 Å². The zero-order valence-corrected chi connectivity index (χ0v) is 15.3. The minimum absolute atomic E-state index is 0.0711. The fraction of sp³-hybridized carbons (Fsp3) is 0.526. The Bertz CT molecular complexity index is 694. The van der Waals surface area contributed by atoms with Crippen LogP contribution in [0.4, 0.5) is 0 Å². The van der Waals surface area contributed by atoms with Gasteiger partial charge in [-0.15, -0.1) is 10.2 Å². The van der Waals surface area contributed by atoms with E-state index in [1.807, 2.05) is 12.1 Å². The van der Waals surface area contributed by atoms with Crippen molar-refractivity contribution >= 4 is 5.97 Å². The molecule has 130 valence electrons. The number of nitrogens with zero attached hydrogens (tertiary/aromatic N) is 2. The van der Waals surface area contributed by atoms with Crippen molar-refractivity contribution in [1.29, 1.82) is 0 Å². The van der Waals surface area contributed by atoms with Crippen molar-refractivity contribution in [2.24, 2.45) is 5.41 Å². The van der Waals surface area contributed by atoms with Gasteiger partial charge < -0.3 is 9.15 Å². The van der Waals surface area contributed by atoms with Gasteiger partial charge in [-0.1, -0.05) is 46.8 Å². The second kappa shape index (κ2) is 6.75. The summed E-state index contributed by atoms with van der Waals surface area (Å²) in [6, 6.07) is 8.05. The lowest BCUT2D eigenvalue weighted by Gasteiger charge is -2.33. The van der Waals surface area contributed by atoms with Gasteiger partial charge in [0.1, 0.15) is 0 Å². The van der Waals surface area contributed by atoms with E-state index < -0.39 is 5.97 Å². The van der Waals surface area contributed by atoms with Gasteiger partial charge in [-0.3, -0.25) is 0 Å². The van der Waals surface area contributed by atoms with Gasteiger partial charge in [-0.2, -0.15) is 0 Å². The zero-order valence-electron chi connectivity index (χ0n) is 15.3. The summed E-state index contributed by atoms with van der Waals surface area (Å²) in [5.41, 5.74) is 2.37. The van der Waals surface area contributed by atoms with Gasteiger partial charge in [0.25, 0.3) is 0 Å². The van der Waals surface area contributed by atoms with Gasteiger partial charge in [-0.05, 0) is 41.9 Å². The van der Waals surface area contributed by atoms with Crippen molar-refractivity contribution in [1.82, 2.24) is 10.2 Å². The predicted octanol–water partition coefficient (Wildman–Crippen LogP) is 4.63. The van der Waals surface area contributed by atoms with E-state index in [2.05, 4.69) is 56.9 Å². The second-order valence-corrected chi connectivity index (χ2v) is 7.83. The number of carbonyl (C=O) groups excluding carboxylic acids is 1. The summed E-state index contributed by atoms with van der Waals surface area (Å²) in [7, 11) is 0. The smallest absolute Gasteiger partial charge is 0.396 e. The summed E-state index contributed by atoms with van der Waals surface area (Å²) >= 11 is 0. The summed E-state index contributed by atoms with van der Waals surface area (Å²) in [4.78, 5) is 11.6. The SMILES string of the molecule is CCOC(=O)c1nnc(-c2ccc(C(C)(C)CC(C)(C)C)cc2)o1. The first-order valence-corrected chi connectivity index (χ1v) is 8.24. The average Bonchev–Trinajstić information content (AvgIpc) is 2.95. The Morgan fingerprint density at radius 1 is 1.08 bits per heavy atom. The molecule has 2 aromatic rings. The van der Waals surface area contributed by atoms with Gasteiger partial charge in [0.15, 0.2) is 0 Å². The fourth-order valence-corrected chi connectivity index (χ4v) is 3.11. The molecule has 0 aliphatic carbocycles. The van der Waals surface area contributed by atoms with Crippen LogP contribution in [0, 0.1) is 5.41 Å². The van der Waals surface area contributed by atoms with Crippen LogP contribution in [0.1, 0.15) is 64.2 Å². The highest BCUT2D eigenvalue weighted by Crippen LogP contribution is 2.36. The highest BCUT2D eigenvalue weighted by molar-refractivity contribution is 5.84. The van der Waals surface area contributed by atoms with E-state index in [0.29, 0.717) is 5.89 Å². The van der Waals surface area contributed by atoms with Crippen LogP contribution in [0.15, 0.2) is 28.7 Å². The maximum atomic E-state index is 11.6. The molecule has 0 saturated heterocycles. The van der Waals surface area contributed by atoms with Gasteiger partial charge >= 0.3 is 11.9 Å². The summed E-state index contributed by atoms with van der Waals surface area (Å²) < 4.78 is 10.2. The first kappa shape index (κ1) is 18.2. The lowest BCUT2D eigenvalue weighted by atomic mass is 9.72. The largest absolute Gasteiger partial charge is 0.459 e. The predicted molar refractivity (Wildman–Crippen MR) is 92.8 cm³/mol. The van der Waals surface area contributed by atoms with Crippen LogP contribution in [0.5, 0.6) is 0 Å². The topological polar surface area (TPSA) is 65.2 Å². The number of ether oxygens (including phenoxy) is 1. The number of rotatable bonds is 5. The molecule has 0 saturated carbocycles. The molecule has 0 unspecified atom stereocenters. The molecule has 0 N–H and O–H groups in total. The lowest BCUT2D eigenvalue weighted by molar-refractivity contribution is 0.0481. The van der Waals surface area contributed by atoms with E-state index in [1.165, 1.54) is 5.56 Å². The quantitative estimate of drug-likeness (QED) is 0.748. The van der Waals surface area contributed by atoms with Crippen LogP contribution in [0.25, 0.3) is 11.5 Å². The van der Waals surface area contributed by atoms with E-state index in [9.17, 15) is 4.79 Å². The standard InChI is InChI=1S/C19H26N2O3/c1-7-23-17(22)16-21-20-15(24-16)13-8-10-14(11-9-13)19(5,6)12-18(2,3)4/h8-11H,7,12H2,1-6H3. The molecule has 0 atom stereocenters. The maximum Gasteiger partial charge on any atom is 0.396 e. The van der Waals surface area contributed by atoms with Crippen molar-refractivity contribution < 1.29 is 13.9 Å². The second-order valence-electron chi connectivity index (χ2n) is 7.83. The number of hydrogen-bond donors (Lipinski definition) is 0. The number of aromatic nitrogens is 2. The Labute approximate surface area is 143 Å². The van der Waals surface area contributed by atoms with Crippen molar-refractivity contribution in [2.75, 3.05) is 6.61 Å². The molecule has 1 aromatic heterocycles. The molecule has 5 heteroatoms. The summed E-state index contributed by atoms with van der Waals surface area (Å²) in [5.74, 6) is -0.401. The minimum Gasteiger partial charge on any atom is -0.459 e. The maximum absolute atomic E-state index is 11.6. The van der Waals surface area contributed by atoms with Crippen molar-refractivity contribution in [2.45, 2.75) is 53.4 Å². The zero-order chi connectivity index (χ0) is 18.0. The third-order valence-corrected chi connectivity index (χ3v) is 3.76. The Balaban J connectivity index is 2.19. The summed E-state index contributed by atoms with van der Waals surface area (Å²) in [6.07, 6.45) is 1.08. The molecule has 0 spiro atoms. The lowest BCUT2D eigenvalue weighted by Crippen LogP contribution is -2.24. The van der Waals surface area contributed by atoms with E-state index in [4.69, 9.17) is 9.15 Å². The van der Waals surface area contributed by atoms with Crippen molar-refractivity contribution in [3.05, 3.63) is 35.7 Å². The Morgan fingerprint density at radius 3 is 2.25 bits per heavy atom. The highest BCUT2D eigenvalue weighted by atomic mass is 16.5. The van der Waals surface area contributed by atoms with Crippen LogP contribution in [0.3, 0.4) is 0 Å². The molecular weight excluding hydrogens is 304 g/mol. The molecule has 1 aromatic carbocycles. The van der Waals surface area contributed by atoms with E-state index >= 15 is 0 Å². The third kappa shape index (κ3) is 4.43. The number of hydrogen-bond acceptors (Lipinski definition) is 5. The van der Waals surface area contributed by atoms with Crippen molar-refractivity contribution in [3.63, 3.8) is 0 Å². The molecule has 0 bridgehead atoms. The molecule has 24 heavy (non-hydrogen) atoms. The van der Waals surface area contributed by atoms with E-state index in [0.717, 1.165) is 12.0 Å². The normalized spacial score (nSPS) is 12.2. The van der Waals surface area contributed by atoms with Crippen LogP contribution in [0.2, 0.25) is 0 Å². The molecule has 5 nitrogen and oxygen atoms in total. The molecule has 0 fully saturated rings. The average molecular weight is 330 g/mol. The molecule has 0 aliphatic heterocycles. The van der Waals surface area contributed by atoms with Gasteiger partial charge in [0.05, 0.1) is 6.61 Å². The molecular formula is C19H26N2O3. The molecule has 0 aliphatic rings. The summed E-state index contributed by atoms with van der Waals surface area (Å²) in [5, 5.41) is 7.66. The molecule has 0 amide bonds. The molecule has 0 radical (unpaired) electrons. The molecule has 1 heterocycles. The minimum atomic E-state index is -0.598. The Hall–Kier alpha value is -2.17. The third-order valence-electron chi connectivity index (χ3n) is 3.76. The number of carbonyl (C=O) groups is 1. The monoisotopic (exact) mass is 330 g/mol. The van der Waals surface area contributed by atoms with Crippen LogP contribution >= 0.6 is 0 Å². The van der Waals surface area contributed by atoms with Gasteiger partial charge in [0, 0.05) is 5.56 Å². The van der Waals surface area contributed by atoms with E-state index in [-0.39, 0.29) is 23.3 Å². The number of esters is 1. The first-order valence-electron chi connectivity index (χ1n) is 8.24. The highest BCUT2D eigenvalue weighted by Gasteiger charge is 2.27. The van der Waals surface area contributed by atoms with Gasteiger partial charge in [-0.25, -0.2) is 4.79 Å². The molecule has 2 rings (SSSR count). The Morgan fingerprint density at radius 2 is 1.71 bits per heavy atom.